The van der Waals surface area contributed by atoms with Crippen LogP contribution in [-0.2, 0) is 0 Å². The second kappa shape index (κ2) is 36.4. The van der Waals surface area contributed by atoms with E-state index in [2.05, 4.69) is 0 Å². The third-order valence-electron chi connectivity index (χ3n) is 0. The van der Waals surface area contributed by atoms with E-state index >= 15 is 0 Å². The average molecular weight is 128 g/mol. The van der Waals surface area contributed by atoms with Gasteiger partial charge in [-0.2, -0.15) is 0 Å². The summed E-state index contributed by atoms with van der Waals surface area (Å²) in [5.74, 6) is 0. The zero-order valence-corrected chi connectivity index (χ0v) is 13.0. The monoisotopic (exact) mass is 128 g/mol. The molecular formula is H4Na4O2. The average Bonchev–Trinajstić information content (AvgIpc) is 0. The number of rotatable bonds is 0. The predicted molar refractivity (Wildman–Crippen MR) is 30.2 cm³/mol. The van der Waals surface area contributed by atoms with Gasteiger partial charge < -0.3 is 11.0 Å². The van der Waals surface area contributed by atoms with Gasteiger partial charge in [-0.25, -0.2) is 0 Å². The van der Waals surface area contributed by atoms with Crippen LogP contribution < -0.4 is 0 Å². The van der Waals surface area contributed by atoms with Crippen molar-refractivity contribution < 1.29 is 11.0 Å². The van der Waals surface area contributed by atoms with E-state index in [9.17, 15) is 0 Å². The van der Waals surface area contributed by atoms with E-state index in [0.29, 0.717) is 0 Å². The molecule has 0 spiro atoms. The van der Waals surface area contributed by atoms with Crippen LogP contribution in [0.4, 0.5) is 0 Å². The fraction of sp³-hybridized carbons (Fsp3) is 0. The van der Waals surface area contributed by atoms with E-state index in [1.165, 1.54) is 0 Å². The van der Waals surface area contributed by atoms with Crippen molar-refractivity contribution in [1.82, 2.24) is 0 Å². The Morgan fingerprint density at radius 2 is 0.333 bits per heavy atom. The van der Waals surface area contributed by atoms with Crippen molar-refractivity contribution in [3.8, 4) is 0 Å². The van der Waals surface area contributed by atoms with Gasteiger partial charge in [-0.05, 0) is 0 Å². The molecule has 0 saturated carbocycles. The molecule has 20 valence electrons. The molecule has 0 saturated heterocycles. The van der Waals surface area contributed by atoms with Gasteiger partial charge in [0.05, 0.1) is 0 Å². The molecule has 0 amide bonds. The molecule has 0 atom stereocenters. The van der Waals surface area contributed by atoms with E-state index < -0.39 is 0 Å². The quantitative estimate of drug-likeness (QED) is 0.309. The van der Waals surface area contributed by atoms with Gasteiger partial charge in [0.15, 0.2) is 0 Å². The van der Waals surface area contributed by atoms with Crippen LogP contribution in [0.15, 0.2) is 0 Å². The zero-order chi connectivity index (χ0) is 0. The molecule has 6 heteroatoms. The maximum Gasteiger partial charge on any atom is 0 e. The molecule has 0 heterocycles. The van der Waals surface area contributed by atoms with Crippen LogP contribution in [0, 0.1) is 0 Å². The minimum atomic E-state index is 0. The SMILES string of the molecule is O.O.[Na].[Na].[Na].[Na]. The summed E-state index contributed by atoms with van der Waals surface area (Å²) in [7, 11) is 0. The Kier molecular flexibility index (Phi) is 312. The molecule has 0 fully saturated rings. The fourth-order valence-electron chi connectivity index (χ4n) is 0. The molecule has 2 nitrogen and oxygen atoms in total. The molecule has 0 aromatic rings. The maximum absolute atomic E-state index is 0. The van der Waals surface area contributed by atoms with E-state index in [1.54, 1.807) is 0 Å². The Labute approximate surface area is 126 Å². The normalized spacial score (nSPS) is 0. The van der Waals surface area contributed by atoms with Crippen molar-refractivity contribution >= 4 is 118 Å². The Morgan fingerprint density at radius 3 is 0.333 bits per heavy atom. The zero-order valence-electron chi connectivity index (χ0n) is 5.00. The predicted octanol–water partition coefficient (Wildman–Crippen LogP) is -3.17. The second-order valence-electron chi connectivity index (χ2n) is 0. The third kappa shape index (κ3) is 24.7. The van der Waals surface area contributed by atoms with Crippen LogP contribution in [0.2, 0.25) is 0 Å². The summed E-state index contributed by atoms with van der Waals surface area (Å²) in [5, 5.41) is 0. The molecule has 0 aliphatic rings. The van der Waals surface area contributed by atoms with Crippen molar-refractivity contribution in [3.05, 3.63) is 0 Å². The van der Waals surface area contributed by atoms with Gasteiger partial charge in [0.25, 0.3) is 0 Å². The van der Waals surface area contributed by atoms with Crippen molar-refractivity contribution in [2.24, 2.45) is 0 Å². The van der Waals surface area contributed by atoms with E-state index in [-0.39, 0.29) is 129 Å². The minimum Gasteiger partial charge on any atom is -0.412 e. The van der Waals surface area contributed by atoms with Crippen molar-refractivity contribution in [2.75, 3.05) is 0 Å². The molecule has 0 rings (SSSR count). The summed E-state index contributed by atoms with van der Waals surface area (Å²) >= 11 is 0. The second-order valence-corrected chi connectivity index (χ2v) is 0. The first-order valence-electron chi connectivity index (χ1n) is 0. The van der Waals surface area contributed by atoms with Crippen molar-refractivity contribution in [1.29, 1.82) is 0 Å². The van der Waals surface area contributed by atoms with Gasteiger partial charge in [-0.15, -0.1) is 0 Å². The van der Waals surface area contributed by atoms with Crippen molar-refractivity contribution in [2.45, 2.75) is 0 Å². The molecule has 0 aromatic carbocycles. The van der Waals surface area contributed by atoms with Gasteiger partial charge >= 0.3 is 0 Å². The molecule has 4 radical (unpaired) electrons. The van der Waals surface area contributed by atoms with E-state index in [1.807, 2.05) is 0 Å². The molecule has 0 aliphatic carbocycles. The summed E-state index contributed by atoms with van der Waals surface area (Å²) < 4.78 is 0. The first-order valence-corrected chi connectivity index (χ1v) is 0. The van der Waals surface area contributed by atoms with Gasteiger partial charge in [-0.1, -0.05) is 0 Å². The van der Waals surface area contributed by atoms with Crippen LogP contribution in [0.3, 0.4) is 0 Å². The third-order valence-corrected chi connectivity index (χ3v) is 0. The van der Waals surface area contributed by atoms with Crippen LogP contribution in [0.25, 0.3) is 0 Å². The Hall–Kier alpha value is 3.92. The minimum absolute atomic E-state index is 0. The van der Waals surface area contributed by atoms with E-state index in [4.69, 9.17) is 0 Å². The van der Waals surface area contributed by atoms with Gasteiger partial charge in [0.1, 0.15) is 0 Å². The topological polar surface area (TPSA) is 63.0 Å². The summed E-state index contributed by atoms with van der Waals surface area (Å²) in [6.45, 7) is 0. The molecule has 4 N–H and O–H groups in total. The van der Waals surface area contributed by atoms with Crippen LogP contribution in [0.1, 0.15) is 0 Å². The summed E-state index contributed by atoms with van der Waals surface area (Å²) in [4.78, 5) is 0. The standard InChI is InChI=1S/4Na.2H2O/h;;;;2*1H2. The molecule has 6 heavy (non-hydrogen) atoms. The van der Waals surface area contributed by atoms with Crippen LogP contribution in [-0.4, -0.2) is 129 Å². The number of hydrogen-bond acceptors (Lipinski definition) is 0. The molecular weight excluding hydrogens is 124 g/mol. The molecule has 0 aromatic heterocycles. The first-order chi connectivity index (χ1) is 0. The van der Waals surface area contributed by atoms with E-state index in [0.717, 1.165) is 0 Å². The first kappa shape index (κ1) is 51.4. The molecule has 0 unspecified atom stereocenters. The smallest absolute Gasteiger partial charge is 0 e. The van der Waals surface area contributed by atoms with Gasteiger partial charge in [0.2, 0.25) is 0 Å². The van der Waals surface area contributed by atoms with Crippen LogP contribution in [0.5, 0.6) is 0 Å². The molecule has 0 aliphatic heterocycles. The molecule has 0 bridgehead atoms. The summed E-state index contributed by atoms with van der Waals surface area (Å²) in [6.07, 6.45) is 0. The van der Waals surface area contributed by atoms with Gasteiger partial charge in [-0.3, -0.25) is 0 Å². The Morgan fingerprint density at radius 1 is 0.333 bits per heavy atom. The summed E-state index contributed by atoms with van der Waals surface area (Å²) in [6, 6.07) is 0. The number of hydrogen-bond donors (Lipinski definition) is 0. The van der Waals surface area contributed by atoms with Gasteiger partial charge in [0, 0.05) is 118 Å². The Balaban J connectivity index is 0. The maximum atomic E-state index is 0. The largest absolute Gasteiger partial charge is 0.412 e. The fourth-order valence-corrected chi connectivity index (χ4v) is 0. The summed E-state index contributed by atoms with van der Waals surface area (Å²) in [5.41, 5.74) is 0. The van der Waals surface area contributed by atoms with Crippen LogP contribution >= 0.6 is 0 Å². The Bertz CT molecular complexity index is 5.51. The van der Waals surface area contributed by atoms with Crippen molar-refractivity contribution in [3.63, 3.8) is 0 Å².